The van der Waals surface area contributed by atoms with Gasteiger partial charge in [0, 0.05) is 18.8 Å². The van der Waals surface area contributed by atoms with Crippen LogP contribution in [0.15, 0.2) is 30.3 Å². The Morgan fingerprint density at radius 3 is 2.71 bits per heavy atom. The van der Waals surface area contributed by atoms with Crippen molar-refractivity contribution in [3.8, 4) is 0 Å². The summed E-state index contributed by atoms with van der Waals surface area (Å²) in [5.41, 5.74) is 0.382. The number of carbonyl (C=O) groups is 3. The van der Waals surface area contributed by atoms with Gasteiger partial charge in [0.25, 0.3) is 11.8 Å². The summed E-state index contributed by atoms with van der Waals surface area (Å²) in [6.45, 7) is 0.685. The SMILES string of the molecule is CN(C)[C@@H](CNC(=O)c1ccc(Cl)s1)C(=O)Nc1ccc(N2CCOCC2=O)cc1F. The summed E-state index contributed by atoms with van der Waals surface area (Å²) in [7, 11) is 3.36. The molecule has 1 atom stereocenters. The van der Waals surface area contributed by atoms with E-state index >= 15 is 0 Å². The van der Waals surface area contributed by atoms with Crippen molar-refractivity contribution < 1.29 is 23.5 Å². The normalized spacial score (nSPS) is 15.1. The fourth-order valence-electron chi connectivity index (χ4n) is 3.00. The van der Waals surface area contributed by atoms with Crippen LogP contribution in [0.4, 0.5) is 15.8 Å². The van der Waals surface area contributed by atoms with Crippen LogP contribution in [-0.2, 0) is 14.3 Å². The van der Waals surface area contributed by atoms with Gasteiger partial charge in [-0.15, -0.1) is 11.3 Å². The maximum absolute atomic E-state index is 14.6. The zero-order valence-corrected chi connectivity index (χ0v) is 18.6. The number of rotatable bonds is 7. The molecule has 166 valence electrons. The molecule has 2 aromatic rings. The van der Waals surface area contributed by atoms with E-state index in [0.29, 0.717) is 28.1 Å². The molecule has 1 fully saturated rings. The maximum Gasteiger partial charge on any atom is 0.261 e. The summed E-state index contributed by atoms with van der Waals surface area (Å²) < 4.78 is 20.2. The van der Waals surface area contributed by atoms with Crippen LogP contribution in [-0.4, -0.2) is 69.1 Å². The van der Waals surface area contributed by atoms with Crippen molar-refractivity contribution in [2.75, 3.05) is 50.6 Å². The zero-order valence-electron chi connectivity index (χ0n) is 17.0. The van der Waals surface area contributed by atoms with E-state index in [2.05, 4.69) is 10.6 Å². The topological polar surface area (TPSA) is 91.0 Å². The fraction of sp³-hybridized carbons (Fsp3) is 0.350. The molecule has 1 aliphatic rings. The predicted octanol–water partition coefficient (Wildman–Crippen LogP) is 2.20. The second kappa shape index (κ2) is 10.2. The average molecular weight is 469 g/mol. The lowest BCUT2D eigenvalue weighted by Crippen LogP contribution is -2.47. The van der Waals surface area contributed by atoms with Gasteiger partial charge < -0.3 is 20.3 Å². The quantitative estimate of drug-likeness (QED) is 0.650. The number of thiophene rings is 1. The first-order chi connectivity index (χ1) is 14.8. The lowest BCUT2D eigenvalue weighted by molar-refractivity contribution is -0.125. The summed E-state index contributed by atoms with van der Waals surface area (Å²) in [6, 6.07) is 6.65. The smallest absolute Gasteiger partial charge is 0.261 e. The molecule has 0 aliphatic carbocycles. The lowest BCUT2D eigenvalue weighted by Gasteiger charge is -2.27. The first kappa shape index (κ1) is 23.1. The van der Waals surface area contributed by atoms with Crippen LogP contribution in [0.2, 0.25) is 4.34 Å². The Labute approximate surface area is 187 Å². The highest BCUT2D eigenvalue weighted by molar-refractivity contribution is 7.18. The molecule has 2 N–H and O–H groups in total. The Hall–Kier alpha value is -2.53. The number of hydrogen-bond acceptors (Lipinski definition) is 6. The van der Waals surface area contributed by atoms with Gasteiger partial charge in [-0.3, -0.25) is 19.3 Å². The zero-order chi connectivity index (χ0) is 22.5. The highest BCUT2D eigenvalue weighted by Gasteiger charge is 2.25. The monoisotopic (exact) mass is 468 g/mol. The van der Waals surface area contributed by atoms with Gasteiger partial charge in [0.1, 0.15) is 18.5 Å². The van der Waals surface area contributed by atoms with E-state index in [-0.39, 0.29) is 30.7 Å². The Bertz CT molecular complexity index is 984. The van der Waals surface area contributed by atoms with E-state index < -0.39 is 17.8 Å². The fourth-order valence-corrected chi connectivity index (χ4v) is 3.96. The molecule has 31 heavy (non-hydrogen) atoms. The predicted molar refractivity (Wildman–Crippen MR) is 117 cm³/mol. The summed E-state index contributed by atoms with van der Waals surface area (Å²) in [4.78, 5) is 40.4. The Balaban J connectivity index is 1.64. The molecule has 0 radical (unpaired) electrons. The van der Waals surface area contributed by atoms with E-state index in [1.807, 2.05) is 0 Å². The summed E-state index contributed by atoms with van der Waals surface area (Å²) in [5, 5.41) is 5.24. The number of carbonyl (C=O) groups excluding carboxylic acids is 3. The maximum atomic E-state index is 14.6. The van der Waals surface area contributed by atoms with Crippen molar-refractivity contribution in [3.05, 3.63) is 45.4 Å². The summed E-state index contributed by atoms with van der Waals surface area (Å²) in [5.74, 6) is -1.75. The number of anilines is 2. The summed E-state index contributed by atoms with van der Waals surface area (Å²) >= 11 is 6.98. The van der Waals surface area contributed by atoms with Crippen LogP contribution in [0.3, 0.4) is 0 Å². The molecular weight excluding hydrogens is 447 g/mol. The third-order valence-corrected chi connectivity index (χ3v) is 5.92. The van der Waals surface area contributed by atoms with Crippen LogP contribution in [0.1, 0.15) is 9.67 Å². The molecule has 1 aliphatic heterocycles. The molecule has 1 aromatic heterocycles. The van der Waals surface area contributed by atoms with Crippen LogP contribution in [0.5, 0.6) is 0 Å². The number of amides is 3. The van der Waals surface area contributed by atoms with Crippen molar-refractivity contribution in [1.82, 2.24) is 10.2 Å². The highest BCUT2D eigenvalue weighted by Crippen LogP contribution is 2.24. The van der Waals surface area contributed by atoms with Gasteiger partial charge in [0.15, 0.2) is 0 Å². The largest absolute Gasteiger partial charge is 0.370 e. The molecule has 0 bridgehead atoms. The molecule has 3 rings (SSSR count). The Morgan fingerprint density at radius 1 is 1.32 bits per heavy atom. The molecular formula is C20H22ClFN4O4S. The second-order valence-corrected chi connectivity index (χ2v) is 8.76. The number of morpholine rings is 1. The molecule has 0 spiro atoms. The van der Waals surface area contributed by atoms with Crippen molar-refractivity contribution in [2.45, 2.75) is 6.04 Å². The van der Waals surface area contributed by atoms with Crippen LogP contribution in [0, 0.1) is 5.82 Å². The molecule has 0 unspecified atom stereocenters. The molecule has 3 amide bonds. The minimum absolute atomic E-state index is 0.0160. The number of hydrogen-bond donors (Lipinski definition) is 2. The molecule has 1 saturated heterocycles. The van der Waals surface area contributed by atoms with Crippen molar-refractivity contribution >= 4 is 52.0 Å². The van der Waals surface area contributed by atoms with E-state index in [9.17, 15) is 18.8 Å². The van der Waals surface area contributed by atoms with E-state index in [1.54, 1.807) is 37.2 Å². The van der Waals surface area contributed by atoms with Gasteiger partial charge >= 0.3 is 0 Å². The van der Waals surface area contributed by atoms with Crippen LogP contribution < -0.4 is 15.5 Å². The molecule has 11 heteroatoms. The first-order valence-electron chi connectivity index (χ1n) is 9.44. The molecule has 1 aromatic carbocycles. The lowest BCUT2D eigenvalue weighted by atomic mass is 10.2. The number of nitrogens with one attached hydrogen (secondary N) is 2. The van der Waals surface area contributed by atoms with Crippen LogP contribution in [0.25, 0.3) is 0 Å². The van der Waals surface area contributed by atoms with E-state index in [0.717, 1.165) is 11.3 Å². The molecule has 8 nitrogen and oxygen atoms in total. The minimum atomic E-state index is -0.737. The number of nitrogens with zero attached hydrogens (tertiary/aromatic N) is 2. The minimum Gasteiger partial charge on any atom is -0.370 e. The molecule has 2 heterocycles. The van der Waals surface area contributed by atoms with E-state index in [1.165, 1.54) is 17.0 Å². The number of ether oxygens (including phenoxy) is 1. The van der Waals surface area contributed by atoms with Crippen molar-refractivity contribution in [2.24, 2.45) is 0 Å². The van der Waals surface area contributed by atoms with Gasteiger partial charge in [-0.2, -0.15) is 0 Å². The Morgan fingerprint density at radius 2 is 2.10 bits per heavy atom. The van der Waals surface area contributed by atoms with E-state index in [4.69, 9.17) is 16.3 Å². The van der Waals surface area contributed by atoms with Gasteiger partial charge in [-0.25, -0.2) is 4.39 Å². The number of benzene rings is 1. The van der Waals surface area contributed by atoms with Crippen molar-refractivity contribution in [3.63, 3.8) is 0 Å². The van der Waals surface area contributed by atoms with Gasteiger partial charge in [0.2, 0.25) is 5.91 Å². The third-order valence-electron chi connectivity index (χ3n) is 4.69. The highest BCUT2D eigenvalue weighted by atomic mass is 35.5. The average Bonchev–Trinajstić information content (AvgIpc) is 3.16. The summed E-state index contributed by atoms with van der Waals surface area (Å²) in [6.07, 6.45) is 0. The first-order valence-corrected chi connectivity index (χ1v) is 10.6. The number of halogens is 2. The van der Waals surface area contributed by atoms with Gasteiger partial charge in [-0.1, -0.05) is 11.6 Å². The van der Waals surface area contributed by atoms with Crippen LogP contribution >= 0.6 is 22.9 Å². The molecule has 0 saturated carbocycles. The third kappa shape index (κ3) is 5.79. The van der Waals surface area contributed by atoms with Gasteiger partial charge in [-0.05, 0) is 44.4 Å². The van der Waals surface area contributed by atoms with Crippen molar-refractivity contribution in [1.29, 1.82) is 0 Å². The van der Waals surface area contributed by atoms with Gasteiger partial charge in [0.05, 0.1) is 21.5 Å². The number of likely N-dealkylation sites (N-methyl/N-ethyl adjacent to an activating group) is 1. The second-order valence-electron chi connectivity index (χ2n) is 7.04. The Kier molecular flexibility index (Phi) is 7.60. The standard InChI is InChI=1S/C20H22ClFN4O4S/c1-25(2)15(10-23-20(29)16-5-6-17(21)31-16)19(28)24-14-4-3-12(9-13(14)22)26-7-8-30-11-18(26)27/h3-6,9,15H,7-8,10-11H2,1-2H3,(H,23,29)(H,24,28)/t15-/m0/s1.